The van der Waals surface area contributed by atoms with Crippen molar-refractivity contribution >= 4 is 56.5 Å². The molecule has 1 aromatic carbocycles. The summed E-state index contributed by atoms with van der Waals surface area (Å²) in [6, 6.07) is 14.1. The Bertz CT molecular complexity index is 1530. The Morgan fingerprint density at radius 3 is 2.40 bits per heavy atom. The van der Waals surface area contributed by atoms with E-state index >= 15 is 0 Å². The van der Waals surface area contributed by atoms with Crippen LogP contribution in [-0.2, 0) is 14.8 Å². The first-order valence-corrected chi connectivity index (χ1v) is 17.8. The summed E-state index contributed by atoms with van der Waals surface area (Å²) in [5.74, 6) is 1.34. The van der Waals surface area contributed by atoms with Crippen molar-refractivity contribution in [3.8, 4) is 10.4 Å². The number of carbonyl (C=O) groups is 2. The van der Waals surface area contributed by atoms with Crippen LogP contribution in [0, 0.1) is 5.92 Å². The van der Waals surface area contributed by atoms with E-state index in [9.17, 15) is 23.1 Å². The lowest BCUT2D eigenvalue weighted by Gasteiger charge is -2.44. The van der Waals surface area contributed by atoms with Gasteiger partial charge in [0.15, 0.2) is 0 Å². The van der Waals surface area contributed by atoms with Gasteiger partial charge in [0, 0.05) is 42.2 Å². The van der Waals surface area contributed by atoms with Gasteiger partial charge in [-0.05, 0) is 42.5 Å². The SMILES string of the molecule is O=C(O)c1sc(-c2ccccc2)cc1N1C(=O)CN(S(=O)(=O)c2ccc(N3CCSCC3)nc2)CC1C1CCCCC1. The van der Waals surface area contributed by atoms with E-state index in [0.717, 1.165) is 84.3 Å². The first-order chi connectivity index (χ1) is 20.3. The molecule has 0 bridgehead atoms. The fraction of sp³-hybridized carbons (Fsp3) is 0.433. The number of hydrogen-bond donors (Lipinski definition) is 1. The van der Waals surface area contributed by atoms with Crippen LogP contribution >= 0.6 is 23.1 Å². The molecule has 1 atom stereocenters. The minimum atomic E-state index is -4.00. The van der Waals surface area contributed by atoms with Gasteiger partial charge in [-0.15, -0.1) is 11.3 Å². The number of thioether (sulfide) groups is 1. The maximum Gasteiger partial charge on any atom is 0.348 e. The molecule has 1 N–H and O–H groups in total. The number of pyridine rings is 1. The largest absolute Gasteiger partial charge is 0.477 e. The Balaban J connectivity index is 1.33. The van der Waals surface area contributed by atoms with Gasteiger partial charge < -0.3 is 14.9 Å². The minimum absolute atomic E-state index is 0.0643. The molecule has 2 saturated heterocycles. The minimum Gasteiger partial charge on any atom is -0.477 e. The van der Waals surface area contributed by atoms with E-state index in [1.54, 1.807) is 23.1 Å². The van der Waals surface area contributed by atoms with E-state index in [0.29, 0.717) is 5.69 Å². The second-order valence-electron chi connectivity index (χ2n) is 11.0. The number of benzene rings is 1. The van der Waals surface area contributed by atoms with Crippen LogP contribution < -0.4 is 9.80 Å². The molecular formula is C30H34N4O5S3. The Kier molecular flexibility index (Phi) is 8.58. The number of carboxylic acid groups (broad SMARTS) is 1. The van der Waals surface area contributed by atoms with Crippen molar-refractivity contribution in [3.63, 3.8) is 0 Å². The summed E-state index contributed by atoms with van der Waals surface area (Å²) in [6.45, 7) is 1.50. The number of sulfonamides is 1. The summed E-state index contributed by atoms with van der Waals surface area (Å²) >= 11 is 3.04. The first kappa shape index (κ1) is 29.2. The molecule has 2 aromatic heterocycles. The van der Waals surface area contributed by atoms with E-state index in [1.165, 1.54) is 10.5 Å². The standard InChI is InChI=1S/C30H34N4O5S3/c35-28-20-33(42(38,39)23-11-12-27(31-18-23)32-13-15-40-16-14-32)19-25(21-7-3-1-4-8-21)34(28)24-17-26(41-29(24)30(36)37)22-9-5-2-6-10-22/h2,5-6,9-12,17-18,21,25H,1,3-4,7-8,13-16,19-20H2,(H,36,37). The highest BCUT2D eigenvalue weighted by molar-refractivity contribution is 7.99. The molecule has 1 unspecified atom stereocenters. The van der Waals surface area contributed by atoms with Crippen LogP contribution in [0.25, 0.3) is 10.4 Å². The third kappa shape index (κ3) is 5.82. The topological polar surface area (TPSA) is 111 Å². The number of aromatic carboxylic acids is 1. The number of aromatic nitrogens is 1. The molecule has 1 saturated carbocycles. The van der Waals surface area contributed by atoms with Crippen molar-refractivity contribution in [2.24, 2.45) is 5.92 Å². The van der Waals surface area contributed by atoms with E-state index in [4.69, 9.17) is 0 Å². The third-order valence-corrected chi connectivity index (χ3v) is 12.3. The highest BCUT2D eigenvalue weighted by Gasteiger charge is 2.44. The van der Waals surface area contributed by atoms with E-state index in [2.05, 4.69) is 9.88 Å². The average Bonchev–Trinajstić information content (AvgIpc) is 3.47. The lowest BCUT2D eigenvalue weighted by molar-refractivity contribution is -0.121. The van der Waals surface area contributed by atoms with Gasteiger partial charge in [0.25, 0.3) is 0 Å². The van der Waals surface area contributed by atoms with Crippen molar-refractivity contribution in [2.45, 2.75) is 43.0 Å². The summed E-state index contributed by atoms with van der Waals surface area (Å²) in [5.41, 5.74) is 1.23. The van der Waals surface area contributed by atoms with E-state index in [-0.39, 0.29) is 28.8 Å². The number of amides is 1. The molecular weight excluding hydrogens is 593 g/mol. The number of nitrogens with zero attached hydrogens (tertiary/aromatic N) is 4. The molecule has 12 heteroatoms. The quantitative estimate of drug-likeness (QED) is 0.388. The summed E-state index contributed by atoms with van der Waals surface area (Å²) < 4.78 is 29.0. The number of anilines is 2. The van der Waals surface area contributed by atoms with Crippen LogP contribution in [0.15, 0.2) is 59.6 Å². The van der Waals surface area contributed by atoms with E-state index in [1.807, 2.05) is 42.1 Å². The van der Waals surface area contributed by atoms with Crippen LogP contribution in [0.5, 0.6) is 0 Å². The van der Waals surface area contributed by atoms with Gasteiger partial charge in [-0.3, -0.25) is 4.79 Å². The fourth-order valence-electron chi connectivity index (χ4n) is 6.25. The van der Waals surface area contributed by atoms with E-state index < -0.39 is 27.9 Å². The number of carboxylic acids is 1. The molecule has 3 fully saturated rings. The second kappa shape index (κ2) is 12.4. The predicted octanol–water partition coefficient (Wildman–Crippen LogP) is 5.05. The van der Waals surface area contributed by atoms with Crippen molar-refractivity contribution in [1.29, 1.82) is 0 Å². The molecule has 9 nitrogen and oxygen atoms in total. The predicted molar refractivity (Wildman–Crippen MR) is 167 cm³/mol. The van der Waals surface area contributed by atoms with Crippen LogP contribution in [0.3, 0.4) is 0 Å². The summed E-state index contributed by atoms with van der Waals surface area (Å²) in [5, 5.41) is 10.1. The lowest BCUT2D eigenvalue weighted by atomic mass is 9.82. The fourth-order valence-corrected chi connectivity index (χ4v) is 9.50. The highest BCUT2D eigenvalue weighted by atomic mass is 32.2. The molecule has 4 heterocycles. The van der Waals surface area contributed by atoms with Gasteiger partial charge in [-0.1, -0.05) is 49.6 Å². The third-order valence-electron chi connectivity index (χ3n) is 8.41. The summed E-state index contributed by atoms with van der Waals surface area (Å²) in [7, 11) is -4.00. The van der Waals surface area contributed by atoms with Gasteiger partial charge >= 0.3 is 5.97 Å². The Labute approximate surface area is 254 Å². The number of hydrogen-bond acceptors (Lipinski definition) is 8. The molecule has 1 amide bonds. The van der Waals surface area contributed by atoms with Gasteiger partial charge in [0.1, 0.15) is 15.6 Å². The van der Waals surface area contributed by atoms with Crippen molar-refractivity contribution in [2.75, 3.05) is 47.5 Å². The van der Waals surface area contributed by atoms with Gasteiger partial charge in [0.2, 0.25) is 15.9 Å². The Hall–Kier alpha value is -2.93. The van der Waals surface area contributed by atoms with Crippen LogP contribution in [0.1, 0.15) is 41.8 Å². The molecule has 6 rings (SSSR count). The smallest absolute Gasteiger partial charge is 0.348 e. The number of thiophene rings is 1. The lowest BCUT2D eigenvalue weighted by Crippen LogP contribution is -2.60. The van der Waals surface area contributed by atoms with Gasteiger partial charge in [0.05, 0.1) is 18.3 Å². The number of carbonyl (C=O) groups excluding carboxylic acids is 1. The zero-order valence-electron chi connectivity index (χ0n) is 23.2. The number of rotatable bonds is 7. The Morgan fingerprint density at radius 1 is 1.00 bits per heavy atom. The molecule has 42 heavy (non-hydrogen) atoms. The summed E-state index contributed by atoms with van der Waals surface area (Å²) in [6.07, 6.45) is 6.23. The molecule has 0 radical (unpaired) electrons. The second-order valence-corrected chi connectivity index (χ2v) is 15.2. The zero-order valence-corrected chi connectivity index (χ0v) is 25.7. The molecule has 3 aliphatic rings. The van der Waals surface area contributed by atoms with Gasteiger partial charge in [-0.2, -0.15) is 16.1 Å². The summed E-state index contributed by atoms with van der Waals surface area (Å²) in [4.78, 5) is 35.5. The highest BCUT2D eigenvalue weighted by Crippen LogP contribution is 2.42. The monoisotopic (exact) mass is 626 g/mol. The van der Waals surface area contributed by atoms with Crippen molar-refractivity contribution < 1.29 is 23.1 Å². The van der Waals surface area contributed by atoms with Crippen molar-refractivity contribution in [3.05, 3.63) is 59.6 Å². The Morgan fingerprint density at radius 2 is 1.74 bits per heavy atom. The molecule has 1 aliphatic carbocycles. The zero-order chi connectivity index (χ0) is 29.3. The molecule has 0 spiro atoms. The van der Waals surface area contributed by atoms with Crippen molar-refractivity contribution in [1.82, 2.24) is 9.29 Å². The first-order valence-electron chi connectivity index (χ1n) is 14.4. The maximum absolute atomic E-state index is 13.9. The van der Waals surface area contributed by atoms with Crippen LogP contribution in [-0.4, -0.2) is 78.4 Å². The normalized spacial score (nSPS) is 21.0. The molecule has 2 aliphatic heterocycles. The molecule has 3 aromatic rings. The molecule has 222 valence electrons. The van der Waals surface area contributed by atoms with Gasteiger partial charge in [-0.25, -0.2) is 18.2 Å². The number of piperazine rings is 1. The van der Waals surface area contributed by atoms with Crippen LogP contribution in [0.2, 0.25) is 0 Å². The maximum atomic E-state index is 13.9. The average molecular weight is 627 g/mol. The van der Waals surface area contributed by atoms with Crippen LogP contribution in [0.4, 0.5) is 11.5 Å².